The Hall–Kier alpha value is -4.39. The third-order valence-electron chi connectivity index (χ3n) is 13.4. The lowest BCUT2D eigenvalue weighted by Crippen LogP contribution is -2.23. The second-order valence-corrected chi connectivity index (χ2v) is 17.5. The number of para-hydroxylation sites is 1. The third-order valence-corrected chi connectivity index (χ3v) is 13.4. The van der Waals surface area contributed by atoms with Crippen LogP contribution in [-0.4, -0.2) is 27.0 Å². The van der Waals surface area contributed by atoms with Gasteiger partial charge in [-0.15, -0.1) is 0 Å². The molecule has 0 radical (unpaired) electrons. The third kappa shape index (κ3) is 11.9. The molecule has 7 nitrogen and oxygen atoms in total. The number of halogens is 3. The summed E-state index contributed by atoms with van der Waals surface area (Å²) in [5.41, 5.74) is 7.43. The number of carbonyl (C=O) groups excluding carboxylic acids is 3. The van der Waals surface area contributed by atoms with E-state index in [2.05, 4.69) is 32.8 Å². The summed E-state index contributed by atoms with van der Waals surface area (Å²) < 4.78 is 43.2. The van der Waals surface area contributed by atoms with Gasteiger partial charge in [-0.3, -0.25) is 14.4 Å². The maximum Gasteiger partial charge on any atom is 0.418 e. The molecular formula is C48H61F3N4O3. The first-order valence-corrected chi connectivity index (χ1v) is 21.7. The summed E-state index contributed by atoms with van der Waals surface area (Å²) in [6.07, 6.45) is 15.0. The molecule has 0 saturated heterocycles. The maximum atomic E-state index is 13.8. The molecule has 10 heteroatoms. The molecule has 3 aliphatic rings. The Labute approximate surface area is 342 Å². The predicted molar refractivity (Wildman–Crippen MR) is 223 cm³/mol. The second kappa shape index (κ2) is 20.0. The molecule has 4 atom stereocenters. The predicted octanol–water partition coefficient (Wildman–Crippen LogP) is 11.0. The smallest absolute Gasteiger partial charge is 0.398 e. The van der Waals surface area contributed by atoms with Crippen LogP contribution >= 0.6 is 0 Å². The zero-order chi connectivity index (χ0) is 41.2. The lowest BCUT2D eigenvalue weighted by Gasteiger charge is -2.29. The Morgan fingerprint density at radius 1 is 0.914 bits per heavy atom. The fourth-order valence-electron chi connectivity index (χ4n) is 9.72. The molecular weight excluding hydrogens is 738 g/mol. The number of hydrogen-bond acceptors (Lipinski definition) is 5. The quantitative estimate of drug-likeness (QED) is 0.0959. The van der Waals surface area contributed by atoms with Gasteiger partial charge in [-0.1, -0.05) is 74.6 Å². The monoisotopic (exact) mass is 798 g/mol. The van der Waals surface area contributed by atoms with E-state index >= 15 is 0 Å². The van der Waals surface area contributed by atoms with Crippen molar-refractivity contribution in [1.82, 2.24) is 9.55 Å². The number of hydrogen-bond donors (Lipinski definition) is 2. The van der Waals surface area contributed by atoms with Crippen molar-refractivity contribution in [2.75, 3.05) is 11.1 Å². The largest absolute Gasteiger partial charge is 0.418 e. The average Bonchev–Trinajstić information content (AvgIpc) is 3.39. The van der Waals surface area contributed by atoms with Gasteiger partial charge in [0.15, 0.2) is 0 Å². The van der Waals surface area contributed by atoms with E-state index in [0.29, 0.717) is 47.8 Å². The molecule has 0 spiro atoms. The van der Waals surface area contributed by atoms with Crippen molar-refractivity contribution < 1.29 is 27.6 Å². The van der Waals surface area contributed by atoms with Gasteiger partial charge in [0.05, 0.1) is 11.5 Å². The van der Waals surface area contributed by atoms with Crippen LogP contribution in [0.3, 0.4) is 0 Å². The van der Waals surface area contributed by atoms with E-state index in [1.54, 1.807) is 13.0 Å². The lowest BCUT2D eigenvalue weighted by atomic mass is 9.76. The van der Waals surface area contributed by atoms with E-state index in [9.17, 15) is 27.6 Å². The highest BCUT2D eigenvalue weighted by molar-refractivity contribution is 5.94. The molecule has 1 aliphatic heterocycles. The number of ketones is 2. The Morgan fingerprint density at radius 2 is 1.62 bits per heavy atom. The Balaban J connectivity index is 1.00. The van der Waals surface area contributed by atoms with Gasteiger partial charge in [0.25, 0.3) is 0 Å². The molecule has 2 aliphatic carbocycles. The van der Waals surface area contributed by atoms with Gasteiger partial charge in [-0.25, -0.2) is 4.98 Å². The van der Waals surface area contributed by atoms with Crippen molar-refractivity contribution in [1.29, 1.82) is 0 Å². The number of anilines is 2. The fraction of sp³-hybridized carbons (Fsp3) is 0.583. The van der Waals surface area contributed by atoms with Gasteiger partial charge in [0.1, 0.15) is 17.4 Å². The minimum atomic E-state index is -4.58. The van der Waals surface area contributed by atoms with Gasteiger partial charge >= 0.3 is 6.18 Å². The highest BCUT2D eigenvalue weighted by Crippen LogP contribution is 2.38. The first-order valence-electron chi connectivity index (χ1n) is 21.7. The zero-order valence-electron chi connectivity index (χ0n) is 34.3. The first kappa shape index (κ1) is 43.2. The SMILES string of the molecule is Cc1cc(CC#CC(CC(=O)CCC2CCC(CCC3CCc4ccccc4NC3=O)CC2)C(=O)CCC2CCCC(n3ccnc3C)CC2)cc(C(F)(F)F)c1N. The number of nitrogens with one attached hydrogen (secondary N) is 1. The van der Waals surface area contributed by atoms with E-state index in [0.717, 1.165) is 114 Å². The molecule has 1 amide bonds. The Morgan fingerprint density at radius 3 is 2.36 bits per heavy atom. The van der Waals surface area contributed by atoms with Gasteiger partial charge in [0.2, 0.25) is 5.91 Å². The number of carbonyl (C=O) groups is 3. The molecule has 2 heterocycles. The van der Waals surface area contributed by atoms with E-state index < -0.39 is 17.7 Å². The molecule has 2 aromatic carbocycles. The molecule has 4 unspecified atom stereocenters. The lowest BCUT2D eigenvalue weighted by molar-refractivity contribution is -0.137. The van der Waals surface area contributed by atoms with Crippen LogP contribution in [0.15, 0.2) is 48.8 Å². The number of benzene rings is 2. The molecule has 6 rings (SSSR count). The standard InChI is InChI=1S/C48H61F3N4O3/c1-32-29-37(30-43(46(32)52)48(49,50)51)8-5-10-40(45(57)26-20-34-7-6-11-41(24-18-34)55-28-27-53-33(55)2)31-42(56)25-19-36-15-13-35(14-16-36)17-21-39-23-22-38-9-3-4-12-44(38)54-47(39)58/h3-4,9,12,27-30,34-36,39-41H,6-8,11,13-26,31,52H2,1-2H3,(H,54,58). The van der Waals surface area contributed by atoms with Gasteiger partial charge in [0, 0.05) is 61.4 Å². The van der Waals surface area contributed by atoms with Gasteiger partial charge in [-0.05, 0) is 118 Å². The number of amides is 1. The summed E-state index contributed by atoms with van der Waals surface area (Å²) in [4.78, 5) is 44.6. The van der Waals surface area contributed by atoms with Crippen LogP contribution < -0.4 is 11.1 Å². The van der Waals surface area contributed by atoms with E-state index in [1.807, 2.05) is 37.5 Å². The average molecular weight is 799 g/mol. The molecule has 2 fully saturated rings. The molecule has 3 N–H and O–H groups in total. The van der Waals surface area contributed by atoms with Gasteiger partial charge < -0.3 is 15.6 Å². The fourth-order valence-corrected chi connectivity index (χ4v) is 9.72. The minimum Gasteiger partial charge on any atom is -0.398 e. The van der Waals surface area contributed by atoms with Crippen LogP contribution in [0.25, 0.3) is 0 Å². The van der Waals surface area contributed by atoms with Crippen molar-refractivity contribution in [2.24, 2.45) is 29.6 Å². The summed E-state index contributed by atoms with van der Waals surface area (Å²) in [5, 5.41) is 3.13. The van der Waals surface area contributed by atoms with Crippen LogP contribution in [0.1, 0.15) is 143 Å². The van der Waals surface area contributed by atoms with Crippen LogP contribution in [0.5, 0.6) is 0 Å². The Bertz CT molecular complexity index is 1950. The number of aryl methyl sites for hydroxylation is 3. The molecule has 312 valence electrons. The van der Waals surface area contributed by atoms with Crippen molar-refractivity contribution in [3.05, 3.63) is 76.9 Å². The summed E-state index contributed by atoms with van der Waals surface area (Å²) in [6, 6.07) is 11.1. The number of imidazole rings is 1. The van der Waals surface area contributed by atoms with E-state index in [1.165, 1.54) is 5.56 Å². The van der Waals surface area contributed by atoms with E-state index in [-0.39, 0.29) is 41.9 Å². The van der Waals surface area contributed by atoms with E-state index in [4.69, 9.17) is 5.73 Å². The summed E-state index contributed by atoms with van der Waals surface area (Å²) in [5.74, 6) is 7.87. The van der Waals surface area contributed by atoms with Crippen LogP contribution in [0.4, 0.5) is 24.5 Å². The normalized spacial score (nSPS) is 23.1. The highest BCUT2D eigenvalue weighted by atomic mass is 19.4. The molecule has 0 bridgehead atoms. The van der Waals surface area contributed by atoms with Crippen molar-refractivity contribution in [3.63, 3.8) is 0 Å². The first-order chi connectivity index (χ1) is 27.8. The number of nitrogen functional groups attached to an aromatic ring is 1. The Kier molecular flexibility index (Phi) is 14.9. The number of aromatic nitrogens is 2. The van der Waals surface area contributed by atoms with Crippen molar-refractivity contribution in [2.45, 2.75) is 148 Å². The molecule has 2 saturated carbocycles. The minimum absolute atomic E-state index is 0.0193. The number of fused-ring (bicyclic) bond motifs is 1. The zero-order valence-corrected chi connectivity index (χ0v) is 34.3. The van der Waals surface area contributed by atoms with Crippen molar-refractivity contribution >= 4 is 28.8 Å². The molecule has 3 aromatic rings. The summed E-state index contributed by atoms with van der Waals surface area (Å²) in [7, 11) is 0. The van der Waals surface area contributed by atoms with Crippen molar-refractivity contribution in [3.8, 4) is 11.8 Å². The van der Waals surface area contributed by atoms with Gasteiger partial charge in [-0.2, -0.15) is 13.2 Å². The number of nitrogens with two attached hydrogens (primary N) is 1. The summed E-state index contributed by atoms with van der Waals surface area (Å²) >= 11 is 0. The van der Waals surface area contributed by atoms with Crippen LogP contribution in [0, 0.1) is 55.3 Å². The topological polar surface area (TPSA) is 107 Å². The molecule has 1 aromatic heterocycles. The summed E-state index contributed by atoms with van der Waals surface area (Å²) in [6.45, 7) is 3.57. The maximum absolute atomic E-state index is 13.8. The number of rotatable bonds is 14. The highest BCUT2D eigenvalue weighted by Gasteiger charge is 2.34. The molecule has 58 heavy (non-hydrogen) atoms. The number of alkyl halides is 3. The van der Waals surface area contributed by atoms with Crippen LogP contribution in [-0.2, 0) is 33.4 Å². The number of nitrogens with zero attached hydrogens (tertiary/aromatic N) is 2. The van der Waals surface area contributed by atoms with Crippen LogP contribution in [0.2, 0.25) is 0 Å². The second-order valence-electron chi connectivity index (χ2n) is 17.5. The number of Topliss-reactive ketones (excluding diaryl/α,β-unsaturated/α-hetero) is 2.